The van der Waals surface area contributed by atoms with Crippen LogP contribution in [-0.4, -0.2) is 47.9 Å². The molecule has 2 aromatic rings. The molecule has 0 aliphatic heterocycles. The van der Waals surface area contributed by atoms with Crippen molar-refractivity contribution in [2.24, 2.45) is 7.05 Å². The highest BCUT2D eigenvalue weighted by Crippen LogP contribution is 2.26. The van der Waals surface area contributed by atoms with Crippen LogP contribution in [0.1, 0.15) is 29.8 Å². The van der Waals surface area contributed by atoms with Gasteiger partial charge in [-0.05, 0) is 19.3 Å². The summed E-state index contributed by atoms with van der Waals surface area (Å²) in [4.78, 5) is 28.0. The number of imidazole rings is 1. The summed E-state index contributed by atoms with van der Waals surface area (Å²) in [7, 11) is 1.44. The van der Waals surface area contributed by atoms with Crippen LogP contribution in [0.25, 0.3) is 5.65 Å². The van der Waals surface area contributed by atoms with Crippen LogP contribution in [0.2, 0.25) is 0 Å². The second kappa shape index (κ2) is 5.64. The zero-order valence-corrected chi connectivity index (χ0v) is 12.5. The van der Waals surface area contributed by atoms with Crippen molar-refractivity contribution in [3.8, 4) is 0 Å². The number of carbonyl (C=O) groups excluding carboxylic acids is 1. The molecule has 10 heteroatoms. The fourth-order valence-corrected chi connectivity index (χ4v) is 2.85. The van der Waals surface area contributed by atoms with Crippen LogP contribution in [0.4, 0.5) is 4.39 Å². The minimum absolute atomic E-state index is 0.0324. The quantitative estimate of drug-likeness (QED) is 0.786. The van der Waals surface area contributed by atoms with E-state index in [-0.39, 0.29) is 11.3 Å². The van der Waals surface area contributed by atoms with Crippen LogP contribution in [0.3, 0.4) is 0 Å². The van der Waals surface area contributed by atoms with Crippen molar-refractivity contribution in [2.45, 2.75) is 36.9 Å². The summed E-state index contributed by atoms with van der Waals surface area (Å²) in [6, 6.07) is -0.478. The van der Waals surface area contributed by atoms with Crippen molar-refractivity contribution in [1.82, 2.24) is 29.7 Å². The van der Waals surface area contributed by atoms with Crippen molar-refractivity contribution < 1.29 is 9.18 Å². The highest BCUT2D eigenvalue weighted by atomic mass is 35.5. The maximum absolute atomic E-state index is 13.6. The summed E-state index contributed by atoms with van der Waals surface area (Å²) in [5.41, 5.74) is -0.442. The lowest BCUT2D eigenvalue weighted by Crippen LogP contribution is -2.47. The van der Waals surface area contributed by atoms with Crippen molar-refractivity contribution in [3.05, 3.63) is 22.5 Å². The molecule has 1 amide bonds. The molecule has 0 spiro atoms. The highest BCUT2D eigenvalue weighted by Gasteiger charge is 2.33. The third-order valence-electron chi connectivity index (χ3n) is 3.76. The number of aromatic nitrogens is 5. The van der Waals surface area contributed by atoms with Crippen molar-refractivity contribution in [1.29, 1.82) is 0 Å². The molecule has 3 rings (SSSR count). The van der Waals surface area contributed by atoms with E-state index in [4.69, 9.17) is 11.6 Å². The summed E-state index contributed by atoms with van der Waals surface area (Å²) in [5.74, 6) is -0.546. The van der Waals surface area contributed by atoms with Crippen LogP contribution in [-0.2, 0) is 7.05 Å². The van der Waals surface area contributed by atoms with E-state index in [1.54, 1.807) is 0 Å². The van der Waals surface area contributed by atoms with Crippen LogP contribution in [0, 0.1) is 0 Å². The van der Waals surface area contributed by atoms with Crippen LogP contribution in [0.5, 0.6) is 0 Å². The zero-order chi connectivity index (χ0) is 15.9. The molecule has 0 saturated heterocycles. The molecule has 3 unspecified atom stereocenters. The van der Waals surface area contributed by atoms with Gasteiger partial charge in [-0.2, -0.15) is 4.68 Å². The van der Waals surface area contributed by atoms with E-state index >= 15 is 0 Å². The monoisotopic (exact) mass is 328 g/mol. The van der Waals surface area contributed by atoms with Gasteiger partial charge < -0.3 is 5.32 Å². The molecule has 1 N–H and O–H groups in total. The van der Waals surface area contributed by atoms with Crippen molar-refractivity contribution >= 4 is 23.2 Å². The molecule has 2 aromatic heterocycles. The van der Waals surface area contributed by atoms with Gasteiger partial charge in [0.2, 0.25) is 0 Å². The Labute approximate surface area is 129 Å². The van der Waals surface area contributed by atoms with Gasteiger partial charge in [0, 0.05) is 13.1 Å². The fraction of sp³-hybridized carbons (Fsp3) is 0.583. The van der Waals surface area contributed by atoms with Crippen molar-refractivity contribution in [3.63, 3.8) is 0 Å². The maximum Gasteiger partial charge on any atom is 0.352 e. The van der Waals surface area contributed by atoms with E-state index < -0.39 is 29.2 Å². The number of carbonyl (C=O) groups is 1. The van der Waals surface area contributed by atoms with Gasteiger partial charge in [-0.25, -0.2) is 18.6 Å². The molecule has 0 bridgehead atoms. The van der Waals surface area contributed by atoms with Crippen molar-refractivity contribution in [2.75, 3.05) is 0 Å². The number of amides is 1. The number of rotatable bonds is 2. The predicted octanol–water partition coefficient (Wildman–Crippen LogP) is 0.0508. The lowest BCUT2D eigenvalue weighted by Gasteiger charge is -2.30. The zero-order valence-electron chi connectivity index (χ0n) is 11.7. The Morgan fingerprint density at radius 2 is 2.27 bits per heavy atom. The van der Waals surface area contributed by atoms with Gasteiger partial charge in [0.05, 0.1) is 5.38 Å². The molecule has 0 radical (unpaired) electrons. The first kappa shape index (κ1) is 14.9. The number of hydrogen-bond donors (Lipinski definition) is 1. The first-order valence-corrected chi connectivity index (χ1v) is 7.28. The second-order valence-corrected chi connectivity index (χ2v) is 5.76. The Morgan fingerprint density at radius 1 is 1.50 bits per heavy atom. The molecule has 8 nitrogen and oxygen atoms in total. The maximum atomic E-state index is 13.6. The summed E-state index contributed by atoms with van der Waals surface area (Å²) >= 11 is 6.01. The Morgan fingerprint density at radius 3 is 3.05 bits per heavy atom. The van der Waals surface area contributed by atoms with Crippen LogP contribution in [0.15, 0.2) is 11.1 Å². The average molecular weight is 329 g/mol. The first-order chi connectivity index (χ1) is 10.5. The van der Waals surface area contributed by atoms with Gasteiger partial charge in [0.1, 0.15) is 12.5 Å². The second-order valence-electron chi connectivity index (χ2n) is 5.25. The smallest absolute Gasteiger partial charge is 0.346 e. The summed E-state index contributed by atoms with van der Waals surface area (Å²) < 4.78 is 15.8. The number of fused-ring (bicyclic) bond motifs is 1. The van der Waals surface area contributed by atoms with Gasteiger partial charge in [-0.15, -0.1) is 16.7 Å². The van der Waals surface area contributed by atoms with Gasteiger partial charge in [-0.3, -0.25) is 4.79 Å². The lowest BCUT2D eigenvalue weighted by atomic mass is 9.93. The van der Waals surface area contributed by atoms with Gasteiger partial charge in [0.25, 0.3) is 5.91 Å². The largest absolute Gasteiger partial charge is 0.352 e. The van der Waals surface area contributed by atoms with Gasteiger partial charge in [-0.1, -0.05) is 5.21 Å². The number of nitrogens with zero attached hydrogens (tertiary/aromatic N) is 5. The van der Waals surface area contributed by atoms with E-state index in [2.05, 4.69) is 20.6 Å². The minimum Gasteiger partial charge on any atom is -0.346 e. The molecule has 1 saturated carbocycles. The number of hydrogen-bond acceptors (Lipinski definition) is 5. The third kappa shape index (κ3) is 2.45. The van der Waals surface area contributed by atoms with Gasteiger partial charge >= 0.3 is 5.69 Å². The molecular formula is C12H14ClFN6O2. The normalized spacial score (nSPS) is 25.3. The van der Waals surface area contributed by atoms with E-state index in [0.29, 0.717) is 19.3 Å². The molecule has 22 heavy (non-hydrogen) atoms. The Kier molecular flexibility index (Phi) is 3.81. The number of aryl methyl sites for hydroxylation is 1. The summed E-state index contributed by atoms with van der Waals surface area (Å²) in [6.45, 7) is 0. The Balaban J connectivity index is 1.87. The summed E-state index contributed by atoms with van der Waals surface area (Å²) in [6.07, 6.45) is 1.71. The molecular weight excluding hydrogens is 315 g/mol. The third-order valence-corrected chi connectivity index (χ3v) is 4.33. The predicted molar refractivity (Wildman–Crippen MR) is 75.7 cm³/mol. The molecule has 1 aliphatic rings. The fourth-order valence-electron chi connectivity index (χ4n) is 2.53. The van der Waals surface area contributed by atoms with E-state index in [1.807, 2.05) is 0 Å². The Hall–Kier alpha value is -2.03. The van der Waals surface area contributed by atoms with Gasteiger partial charge in [0.15, 0.2) is 11.3 Å². The minimum atomic E-state index is -1.15. The summed E-state index contributed by atoms with van der Waals surface area (Å²) in [5, 5.41) is 9.31. The van der Waals surface area contributed by atoms with E-state index in [0.717, 1.165) is 9.08 Å². The van der Waals surface area contributed by atoms with E-state index in [9.17, 15) is 14.0 Å². The molecule has 2 heterocycles. The molecule has 1 aliphatic carbocycles. The highest BCUT2D eigenvalue weighted by molar-refractivity contribution is 6.21. The lowest BCUT2D eigenvalue weighted by molar-refractivity contribution is 0.0912. The molecule has 3 atom stereocenters. The first-order valence-electron chi connectivity index (χ1n) is 6.85. The standard InChI is InChI=1S/C12H14ClFN6O2/c1-19-12(22)20-5-15-9(10(20)17-18-19)11(21)16-7-4-2-3-6(14)8(7)13/h5-8H,2-4H2,1H3,(H,16,21). The van der Waals surface area contributed by atoms with Crippen LogP contribution < -0.4 is 11.0 Å². The Bertz CT molecular complexity index is 775. The molecule has 0 aromatic carbocycles. The number of alkyl halides is 2. The topological polar surface area (TPSA) is 94.2 Å². The molecule has 1 fully saturated rings. The number of nitrogens with one attached hydrogen (secondary N) is 1. The SMILES string of the molecule is Cn1nnc2c(C(=O)NC3CCCC(F)C3Cl)ncn2c1=O. The van der Waals surface area contributed by atoms with E-state index in [1.165, 1.54) is 13.4 Å². The molecule has 118 valence electrons. The average Bonchev–Trinajstić information content (AvgIpc) is 2.92. The van der Waals surface area contributed by atoms with Crippen LogP contribution >= 0.6 is 11.6 Å². The number of halogens is 2.